The van der Waals surface area contributed by atoms with Crippen LogP contribution in [0.2, 0.25) is 5.02 Å². The van der Waals surface area contributed by atoms with Gasteiger partial charge in [0, 0.05) is 18.3 Å². The monoisotopic (exact) mass is 303 g/mol. The first-order valence-electron chi connectivity index (χ1n) is 6.22. The quantitative estimate of drug-likeness (QED) is 0.786. The number of halogens is 2. The van der Waals surface area contributed by atoms with E-state index in [-0.39, 0.29) is 10.9 Å². The van der Waals surface area contributed by atoms with E-state index >= 15 is 0 Å². The average molecular weight is 304 g/mol. The zero-order valence-electron chi connectivity index (χ0n) is 11.1. The van der Waals surface area contributed by atoms with Gasteiger partial charge in [0.15, 0.2) is 0 Å². The summed E-state index contributed by atoms with van der Waals surface area (Å²) in [5.41, 5.74) is 2.59. The van der Waals surface area contributed by atoms with Crippen molar-refractivity contribution in [3.8, 4) is 0 Å². The molecule has 0 unspecified atom stereocenters. The van der Waals surface area contributed by atoms with E-state index in [9.17, 15) is 9.18 Å². The summed E-state index contributed by atoms with van der Waals surface area (Å²) in [6.07, 6.45) is 1.69. The van der Waals surface area contributed by atoms with Crippen molar-refractivity contribution in [2.24, 2.45) is 7.05 Å². The minimum Gasteiger partial charge on any atom is -0.334 e. The lowest BCUT2D eigenvalue weighted by Crippen LogP contribution is -2.11. The summed E-state index contributed by atoms with van der Waals surface area (Å²) in [7, 11) is 1.88. The molecule has 0 fully saturated rings. The number of anilines is 1. The second-order valence-corrected chi connectivity index (χ2v) is 5.05. The van der Waals surface area contributed by atoms with E-state index in [0.717, 1.165) is 11.0 Å². The molecule has 1 aromatic heterocycles. The van der Waals surface area contributed by atoms with Gasteiger partial charge in [0.1, 0.15) is 5.82 Å². The Morgan fingerprint density at radius 1 is 1.29 bits per heavy atom. The molecule has 0 saturated carbocycles. The lowest BCUT2D eigenvalue weighted by molar-refractivity contribution is 0.102. The highest BCUT2D eigenvalue weighted by atomic mass is 35.5. The van der Waals surface area contributed by atoms with Gasteiger partial charge in [0.25, 0.3) is 5.91 Å². The molecule has 0 aliphatic carbocycles. The van der Waals surface area contributed by atoms with Gasteiger partial charge in [-0.25, -0.2) is 9.37 Å². The maximum atomic E-state index is 13.1. The van der Waals surface area contributed by atoms with Gasteiger partial charge in [0.05, 0.1) is 22.4 Å². The van der Waals surface area contributed by atoms with Gasteiger partial charge in [-0.15, -0.1) is 0 Å². The first kappa shape index (κ1) is 13.6. The molecule has 0 spiro atoms. The Morgan fingerprint density at radius 2 is 2.10 bits per heavy atom. The van der Waals surface area contributed by atoms with Gasteiger partial charge in [-0.2, -0.15) is 0 Å². The topological polar surface area (TPSA) is 46.9 Å². The lowest BCUT2D eigenvalue weighted by atomic mass is 10.2. The number of nitrogens with zero attached hydrogens (tertiary/aromatic N) is 2. The van der Waals surface area contributed by atoms with E-state index in [0.29, 0.717) is 11.3 Å². The average Bonchev–Trinajstić information content (AvgIpc) is 2.84. The first-order chi connectivity index (χ1) is 10.0. The summed E-state index contributed by atoms with van der Waals surface area (Å²) in [5.74, 6) is -0.824. The standard InChI is InChI=1S/C15H11ClFN3O/c1-20-8-18-13-6-9(2-5-14(13)20)15(21)19-10-3-4-12(17)11(16)7-10/h2-8H,1H3,(H,19,21). The van der Waals surface area contributed by atoms with E-state index in [1.165, 1.54) is 18.2 Å². The number of hydrogen-bond donors (Lipinski definition) is 1. The number of fused-ring (bicyclic) bond motifs is 1. The highest BCUT2D eigenvalue weighted by Gasteiger charge is 2.10. The number of nitrogens with one attached hydrogen (secondary N) is 1. The first-order valence-corrected chi connectivity index (χ1v) is 6.60. The molecule has 21 heavy (non-hydrogen) atoms. The van der Waals surface area contributed by atoms with Crippen LogP contribution in [0.3, 0.4) is 0 Å². The van der Waals surface area contributed by atoms with Crippen molar-refractivity contribution in [3.05, 3.63) is 59.1 Å². The van der Waals surface area contributed by atoms with Gasteiger partial charge in [-0.1, -0.05) is 11.6 Å². The summed E-state index contributed by atoms with van der Waals surface area (Å²) in [6, 6.07) is 9.28. The fourth-order valence-electron chi connectivity index (χ4n) is 2.05. The van der Waals surface area contributed by atoms with Gasteiger partial charge in [0.2, 0.25) is 0 Å². The lowest BCUT2D eigenvalue weighted by Gasteiger charge is -2.06. The molecule has 2 aromatic carbocycles. The molecule has 1 amide bonds. The van der Waals surface area contributed by atoms with Crippen molar-refractivity contribution in [1.82, 2.24) is 9.55 Å². The molecule has 0 atom stereocenters. The van der Waals surface area contributed by atoms with Crippen LogP contribution >= 0.6 is 11.6 Å². The number of aryl methyl sites for hydroxylation is 1. The van der Waals surface area contributed by atoms with Gasteiger partial charge < -0.3 is 9.88 Å². The zero-order chi connectivity index (χ0) is 15.0. The normalized spacial score (nSPS) is 10.8. The summed E-state index contributed by atoms with van der Waals surface area (Å²) in [6.45, 7) is 0. The third-order valence-corrected chi connectivity index (χ3v) is 3.45. The van der Waals surface area contributed by atoms with Gasteiger partial charge in [-0.3, -0.25) is 4.79 Å². The zero-order valence-corrected chi connectivity index (χ0v) is 11.9. The van der Waals surface area contributed by atoms with E-state index in [1.807, 2.05) is 17.7 Å². The van der Waals surface area contributed by atoms with Crippen molar-refractivity contribution in [2.45, 2.75) is 0 Å². The van der Waals surface area contributed by atoms with Crippen LogP contribution in [0.15, 0.2) is 42.7 Å². The summed E-state index contributed by atoms with van der Waals surface area (Å²) in [5, 5.41) is 2.64. The highest BCUT2D eigenvalue weighted by molar-refractivity contribution is 6.31. The molecule has 6 heteroatoms. The maximum absolute atomic E-state index is 13.1. The molecule has 3 rings (SSSR count). The summed E-state index contributed by atoms with van der Waals surface area (Å²) < 4.78 is 15.0. The Kier molecular flexibility index (Phi) is 3.35. The molecular formula is C15H11ClFN3O. The number of carbonyl (C=O) groups excluding carboxylic acids is 1. The third kappa shape index (κ3) is 2.60. The number of amides is 1. The van der Waals surface area contributed by atoms with Crippen LogP contribution < -0.4 is 5.32 Å². The molecule has 1 N–H and O–H groups in total. The van der Waals surface area contributed by atoms with Crippen LogP contribution in [-0.4, -0.2) is 15.5 Å². The molecule has 106 valence electrons. The second kappa shape index (κ2) is 5.18. The Bertz CT molecular complexity index is 844. The van der Waals surface area contributed by atoms with Crippen molar-refractivity contribution in [2.75, 3.05) is 5.32 Å². The van der Waals surface area contributed by atoms with Crippen LogP contribution in [-0.2, 0) is 7.05 Å². The Balaban J connectivity index is 1.87. The van der Waals surface area contributed by atoms with Crippen LogP contribution in [0.25, 0.3) is 11.0 Å². The van der Waals surface area contributed by atoms with E-state index in [2.05, 4.69) is 10.3 Å². The van der Waals surface area contributed by atoms with Crippen molar-refractivity contribution in [3.63, 3.8) is 0 Å². The molecule has 0 aliphatic heterocycles. The number of rotatable bonds is 2. The van der Waals surface area contributed by atoms with Crippen LogP contribution in [0.5, 0.6) is 0 Å². The molecule has 0 aliphatic rings. The van der Waals surface area contributed by atoms with Crippen molar-refractivity contribution >= 4 is 34.2 Å². The minimum atomic E-state index is -0.524. The second-order valence-electron chi connectivity index (χ2n) is 4.64. The molecule has 0 radical (unpaired) electrons. The van der Waals surface area contributed by atoms with Crippen LogP contribution in [0, 0.1) is 5.82 Å². The van der Waals surface area contributed by atoms with Crippen LogP contribution in [0.4, 0.5) is 10.1 Å². The summed E-state index contributed by atoms with van der Waals surface area (Å²) in [4.78, 5) is 16.4. The molecule has 1 heterocycles. The Hall–Kier alpha value is -2.40. The molecular weight excluding hydrogens is 293 g/mol. The Labute approximate surface area is 125 Å². The van der Waals surface area contributed by atoms with E-state index < -0.39 is 5.82 Å². The van der Waals surface area contributed by atoms with Crippen molar-refractivity contribution < 1.29 is 9.18 Å². The fourth-order valence-corrected chi connectivity index (χ4v) is 2.24. The number of imidazole rings is 1. The number of carbonyl (C=O) groups is 1. The molecule has 0 bridgehead atoms. The smallest absolute Gasteiger partial charge is 0.255 e. The van der Waals surface area contributed by atoms with E-state index in [1.54, 1.807) is 18.5 Å². The molecule has 3 aromatic rings. The van der Waals surface area contributed by atoms with Crippen LogP contribution in [0.1, 0.15) is 10.4 Å². The summed E-state index contributed by atoms with van der Waals surface area (Å²) >= 11 is 5.69. The largest absolute Gasteiger partial charge is 0.334 e. The third-order valence-electron chi connectivity index (χ3n) is 3.17. The molecule has 0 saturated heterocycles. The van der Waals surface area contributed by atoms with Gasteiger partial charge >= 0.3 is 0 Å². The SMILES string of the molecule is Cn1cnc2cc(C(=O)Nc3ccc(F)c(Cl)c3)ccc21. The minimum absolute atomic E-state index is 0.0343. The van der Waals surface area contributed by atoms with E-state index in [4.69, 9.17) is 11.6 Å². The predicted octanol–water partition coefficient (Wildman–Crippen LogP) is 3.62. The fraction of sp³-hybridized carbons (Fsp3) is 0.0667. The molecule has 4 nitrogen and oxygen atoms in total. The van der Waals surface area contributed by atoms with Gasteiger partial charge in [-0.05, 0) is 36.4 Å². The predicted molar refractivity (Wildman–Crippen MR) is 80.1 cm³/mol. The number of aromatic nitrogens is 2. The number of benzene rings is 2. The number of hydrogen-bond acceptors (Lipinski definition) is 2. The van der Waals surface area contributed by atoms with Crippen molar-refractivity contribution in [1.29, 1.82) is 0 Å². The highest BCUT2D eigenvalue weighted by Crippen LogP contribution is 2.20. The Morgan fingerprint density at radius 3 is 2.86 bits per heavy atom. The maximum Gasteiger partial charge on any atom is 0.255 e.